The van der Waals surface area contributed by atoms with Gasteiger partial charge in [0.25, 0.3) is 5.91 Å². The summed E-state index contributed by atoms with van der Waals surface area (Å²) >= 11 is 0. The minimum absolute atomic E-state index is 0.0457. The highest BCUT2D eigenvalue weighted by Crippen LogP contribution is 2.25. The number of aliphatic carboxylic acids is 1. The van der Waals surface area contributed by atoms with E-state index >= 15 is 0 Å². The predicted octanol–water partition coefficient (Wildman–Crippen LogP) is 4.59. The molecule has 0 heterocycles. The number of carbonyl (C=O) groups excluding carboxylic acids is 1. The van der Waals surface area contributed by atoms with Crippen molar-refractivity contribution in [3.05, 3.63) is 54.1 Å². The standard InChI is InChI=1S/C26H36N2O4/c1-4-28(5-2)19-18-27(3)26(31)22(13-7-6-8-17-25(29)30)20-32-24-16-11-14-21-12-9-10-15-23(21)24/h9-16H,4-8,17-20H2,1-3H3,(H,29,30)/b22-13+. The van der Waals surface area contributed by atoms with Crippen molar-refractivity contribution in [3.63, 3.8) is 0 Å². The summed E-state index contributed by atoms with van der Waals surface area (Å²) in [6.07, 6.45) is 4.02. The van der Waals surface area contributed by atoms with Crippen LogP contribution in [0.5, 0.6) is 5.75 Å². The van der Waals surface area contributed by atoms with E-state index in [9.17, 15) is 9.59 Å². The number of allylic oxidation sites excluding steroid dienone is 1. The SMILES string of the molecule is CCN(CC)CCN(C)C(=O)/C(=C/CCCCC(=O)O)COc1cccc2ccccc12. The number of benzene rings is 2. The molecule has 2 aromatic carbocycles. The van der Waals surface area contributed by atoms with Crippen molar-refractivity contribution >= 4 is 22.6 Å². The molecule has 2 aromatic rings. The molecule has 0 fully saturated rings. The lowest BCUT2D eigenvalue weighted by Crippen LogP contribution is -2.37. The van der Waals surface area contributed by atoms with E-state index in [0.29, 0.717) is 25.0 Å². The number of hydrogen-bond donors (Lipinski definition) is 1. The monoisotopic (exact) mass is 440 g/mol. The van der Waals surface area contributed by atoms with Gasteiger partial charge in [0.15, 0.2) is 0 Å². The third kappa shape index (κ3) is 8.00. The summed E-state index contributed by atoms with van der Waals surface area (Å²) in [6, 6.07) is 13.9. The molecule has 0 unspecified atom stereocenters. The van der Waals surface area contributed by atoms with Crippen LogP contribution in [0.25, 0.3) is 10.8 Å². The summed E-state index contributed by atoms with van der Waals surface area (Å²) in [5.74, 6) is -0.0881. The number of likely N-dealkylation sites (N-methyl/N-ethyl adjacent to an activating group) is 2. The fourth-order valence-electron chi connectivity index (χ4n) is 3.56. The quantitative estimate of drug-likeness (QED) is 0.344. The van der Waals surface area contributed by atoms with Gasteiger partial charge in [-0.1, -0.05) is 56.3 Å². The zero-order valence-corrected chi connectivity index (χ0v) is 19.5. The summed E-state index contributed by atoms with van der Waals surface area (Å²) in [5, 5.41) is 10.9. The van der Waals surface area contributed by atoms with E-state index in [2.05, 4.69) is 18.7 Å². The van der Waals surface area contributed by atoms with Gasteiger partial charge >= 0.3 is 5.97 Å². The van der Waals surface area contributed by atoms with Gasteiger partial charge in [-0.05, 0) is 43.8 Å². The molecule has 0 saturated heterocycles. The Bertz CT molecular complexity index is 900. The van der Waals surface area contributed by atoms with Crippen LogP contribution < -0.4 is 4.74 Å². The second-order valence-corrected chi connectivity index (χ2v) is 7.89. The second kappa shape index (κ2) is 13.5. The zero-order valence-electron chi connectivity index (χ0n) is 19.5. The smallest absolute Gasteiger partial charge is 0.303 e. The number of unbranched alkanes of at least 4 members (excludes halogenated alkanes) is 2. The maximum atomic E-state index is 13.2. The Morgan fingerprint density at radius 3 is 2.44 bits per heavy atom. The topological polar surface area (TPSA) is 70.1 Å². The molecule has 0 radical (unpaired) electrons. The first-order chi connectivity index (χ1) is 15.5. The number of hydrogen-bond acceptors (Lipinski definition) is 4. The molecule has 0 aromatic heterocycles. The van der Waals surface area contributed by atoms with E-state index in [1.165, 1.54) is 0 Å². The normalized spacial score (nSPS) is 11.7. The van der Waals surface area contributed by atoms with Gasteiger partial charge in [0.2, 0.25) is 0 Å². The summed E-state index contributed by atoms with van der Waals surface area (Å²) in [6.45, 7) is 7.79. The van der Waals surface area contributed by atoms with E-state index in [0.717, 1.165) is 42.6 Å². The van der Waals surface area contributed by atoms with E-state index in [-0.39, 0.29) is 18.9 Å². The first-order valence-electron chi connectivity index (χ1n) is 11.4. The van der Waals surface area contributed by atoms with E-state index in [4.69, 9.17) is 9.84 Å². The van der Waals surface area contributed by atoms with Crippen molar-refractivity contribution in [1.82, 2.24) is 9.80 Å². The molecule has 0 saturated carbocycles. The van der Waals surface area contributed by atoms with Crippen LogP contribution in [0.3, 0.4) is 0 Å². The van der Waals surface area contributed by atoms with Crippen LogP contribution in [0.1, 0.15) is 39.5 Å². The minimum atomic E-state index is -0.791. The van der Waals surface area contributed by atoms with Gasteiger partial charge in [-0.3, -0.25) is 9.59 Å². The number of fused-ring (bicyclic) bond motifs is 1. The molecular weight excluding hydrogens is 404 g/mol. The average molecular weight is 441 g/mol. The number of amides is 1. The Labute approximate surface area is 191 Å². The average Bonchev–Trinajstić information content (AvgIpc) is 2.80. The van der Waals surface area contributed by atoms with Crippen LogP contribution in [0.4, 0.5) is 0 Å². The Morgan fingerprint density at radius 1 is 1.00 bits per heavy atom. The third-order valence-corrected chi connectivity index (χ3v) is 5.64. The van der Waals surface area contributed by atoms with Crippen LogP contribution in [0, 0.1) is 0 Å². The van der Waals surface area contributed by atoms with Crippen molar-refractivity contribution in [3.8, 4) is 5.75 Å². The maximum absolute atomic E-state index is 13.2. The molecule has 6 heteroatoms. The molecule has 0 aliphatic rings. The highest BCUT2D eigenvalue weighted by molar-refractivity contribution is 5.94. The highest BCUT2D eigenvalue weighted by Gasteiger charge is 2.16. The van der Waals surface area contributed by atoms with Gasteiger partial charge in [-0.15, -0.1) is 0 Å². The number of ether oxygens (including phenoxy) is 1. The van der Waals surface area contributed by atoms with Gasteiger partial charge in [-0.25, -0.2) is 0 Å². The zero-order chi connectivity index (χ0) is 23.3. The summed E-state index contributed by atoms with van der Waals surface area (Å²) in [7, 11) is 1.82. The molecule has 0 aliphatic heterocycles. The van der Waals surface area contributed by atoms with Crippen LogP contribution in [-0.4, -0.2) is 66.6 Å². The van der Waals surface area contributed by atoms with Gasteiger partial charge in [0.1, 0.15) is 12.4 Å². The fraction of sp³-hybridized carbons (Fsp3) is 0.462. The Balaban J connectivity index is 2.08. The van der Waals surface area contributed by atoms with Gasteiger partial charge in [-0.2, -0.15) is 0 Å². The molecule has 6 nitrogen and oxygen atoms in total. The summed E-state index contributed by atoms with van der Waals surface area (Å²) in [4.78, 5) is 27.9. The third-order valence-electron chi connectivity index (χ3n) is 5.64. The lowest BCUT2D eigenvalue weighted by atomic mass is 10.1. The molecule has 0 spiro atoms. The van der Waals surface area contributed by atoms with Crippen LogP contribution in [0.15, 0.2) is 54.1 Å². The van der Waals surface area contributed by atoms with E-state index in [1.54, 1.807) is 4.90 Å². The number of carboxylic acid groups (broad SMARTS) is 1. The first-order valence-corrected chi connectivity index (χ1v) is 11.4. The lowest BCUT2D eigenvalue weighted by molar-refractivity contribution is -0.137. The Kier molecular flexibility index (Phi) is 10.7. The van der Waals surface area contributed by atoms with Crippen molar-refractivity contribution in [2.45, 2.75) is 39.5 Å². The Morgan fingerprint density at radius 2 is 1.72 bits per heavy atom. The van der Waals surface area contributed by atoms with Crippen molar-refractivity contribution in [2.24, 2.45) is 0 Å². The molecule has 0 aliphatic carbocycles. The van der Waals surface area contributed by atoms with Gasteiger partial charge in [0, 0.05) is 31.9 Å². The molecule has 32 heavy (non-hydrogen) atoms. The van der Waals surface area contributed by atoms with Crippen LogP contribution in [0.2, 0.25) is 0 Å². The fourth-order valence-corrected chi connectivity index (χ4v) is 3.56. The van der Waals surface area contributed by atoms with Crippen molar-refractivity contribution in [2.75, 3.05) is 39.8 Å². The second-order valence-electron chi connectivity index (χ2n) is 7.89. The highest BCUT2D eigenvalue weighted by atomic mass is 16.5. The molecule has 2 rings (SSSR count). The summed E-state index contributed by atoms with van der Waals surface area (Å²) < 4.78 is 6.10. The largest absolute Gasteiger partial charge is 0.488 e. The predicted molar refractivity (Wildman–Crippen MR) is 129 cm³/mol. The van der Waals surface area contributed by atoms with E-state index < -0.39 is 5.97 Å². The number of nitrogens with zero attached hydrogens (tertiary/aromatic N) is 2. The maximum Gasteiger partial charge on any atom is 0.303 e. The lowest BCUT2D eigenvalue weighted by Gasteiger charge is -2.24. The van der Waals surface area contributed by atoms with Crippen LogP contribution >= 0.6 is 0 Å². The molecule has 0 bridgehead atoms. The number of carboxylic acids is 1. The molecular formula is C26H36N2O4. The van der Waals surface area contributed by atoms with Crippen molar-refractivity contribution < 1.29 is 19.4 Å². The number of rotatable bonds is 14. The molecule has 0 atom stereocenters. The molecule has 174 valence electrons. The number of carbonyl (C=O) groups is 2. The van der Waals surface area contributed by atoms with Crippen LogP contribution in [-0.2, 0) is 9.59 Å². The van der Waals surface area contributed by atoms with Gasteiger partial charge in [0.05, 0.1) is 5.57 Å². The van der Waals surface area contributed by atoms with Gasteiger partial charge < -0.3 is 19.6 Å². The molecule has 1 N–H and O–H groups in total. The first kappa shape index (κ1) is 25.4. The van der Waals surface area contributed by atoms with Crippen molar-refractivity contribution in [1.29, 1.82) is 0 Å². The summed E-state index contributed by atoms with van der Waals surface area (Å²) in [5.41, 5.74) is 0.607. The molecule has 1 amide bonds. The van der Waals surface area contributed by atoms with E-state index in [1.807, 2.05) is 55.6 Å². The minimum Gasteiger partial charge on any atom is -0.488 e. The Hall–Kier alpha value is -2.86.